The van der Waals surface area contributed by atoms with Gasteiger partial charge in [0.25, 0.3) is 5.91 Å². The van der Waals surface area contributed by atoms with Crippen LogP contribution < -0.4 is 0 Å². The molecule has 18 heavy (non-hydrogen) atoms. The monoisotopic (exact) mass is 250 g/mol. The van der Waals surface area contributed by atoms with Gasteiger partial charge in [-0.05, 0) is 32.6 Å². The van der Waals surface area contributed by atoms with Crippen molar-refractivity contribution < 1.29 is 4.79 Å². The summed E-state index contributed by atoms with van der Waals surface area (Å²) in [6.07, 6.45) is 5.02. The minimum Gasteiger partial charge on any atom is -0.330 e. The van der Waals surface area contributed by atoms with Crippen molar-refractivity contribution in [3.05, 3.63) is 11.6 Å². The lowest BCUT2D eigenvalue weighted by Gasteiger charge is -2.26. The summed E-state index contributed by atoms with van der Waals surface area (Å²) >= 11 is 0. The van der Waals surface area contributed by atoms with Crippen molar-refractivity contribution in [2.45, 2.75) is 65.0 Å². The SMILES string of the molecule is CCCc1nc(C(=O)N2C(C)CCC2CC)n[nH]1. The van der Waals surface area contributed by atoms with Gasteiger partial charge < -0.3 is 4.90 Å². The molecular formula is C13H22N4O. The highest BCUT2D eigenvalue weighted by Gasteiger charge is 2.35. The van der Waals surface area contributed by atoms with Gasteiger partial charge in [-0.25, -0.2) is 4.98 Å². The molecule has 1 aliphatic rings. The van der Waals surface area contributed by atoms with Gasteiger partial charge in [0.05, 0.1) is 0 Å². The molecular weight excluding hydrogens is 228 g/mol. The van der Waals surface area contributed by atoms with Crippen molar-refractivity contribution in [1.29, 1.82) is 0 Å². The van der Waals surface area contributed by atoms with Crippen LogP contribution in [0.5, 0.6) is 0 Å². The number of rotatable bonds is 4. The van der Waals surface area contributed by atoms with E-state index >= 15 is 0 Å². The van der Waals surface area contributed by atoms with Gasteiger partial charge in [0.2, 0.25) is 5.82 Å². The van der Waals surface area contributed by atoms with Gasteiger partial charge >= 0.3 is 0 Å². The minimum atomic E-state index is -0.0227. The topological polar surface area (TPSA) is 61.9 Å². The van der Waals surface area contributed by atoms with E-state index in [-0.39, 0.29) is 5.91 Å². The van der Waals surface area contributed by atoms with E-state index in [1.54, 1.807) is 0 Å². The molecule has 5 heteroatoms. The summed E-state index contributed by atoms with van der Waals surface area (Å²) in [4.78, 5) is 18.7. The van der Waals surface area contributed by atoms with Crippen LogP contribution in [-0.4, -0.2) is 38.1 Å². The Labute approximate surface area is 108 Å². The van der Waals surface area contributed by atoms with Gasteiger partial charge in [0.15, 0.2) is 0 Å². The molecule has 1 fully saturated rings. The van der Waals surface area contributed by atoms with Gasteiger partial charge in [-0.2, -0.15) is 0 Å². The van der Waals surface area contributed by atoms with E-state index in [0.29, 0.717) is 17.9 Å². The fourth-order valence-corrected chi connectivity index (χ4v) is 2.69. The third-order valence-electron chi connectivity index (χ3n) is 3.70. The Balaban J connectivity index is 2.13. The second-order valence-corrected chi connectivity index (χ2v) is 5.06. The number of nitrogens with one attached hydrogen (secondary N) is 1. The first-order valence-electron chi connectivity index (χ1n) is 6.91. The van der Waals surface area contributed by atoms with Crippen molar-refractivity contribution in [3.8, 4) is 0 Å². The summed E-state index contributed by atoms with van der Waals surface area (Å²) in [5, 5.41) is 6.91. The average Bonchev–Trinajstić information content (AvgIpc) is 2.95. The largest absolute Gasteiger partial charge is 0.330 e. The number of aryl methyl sites for hydroxylation is 1. The van der Waals surface area contributed by atoms with Crippen LogP contribution in [-0.2, 0) is 6.42 Å². The zero-order chi connectivity index (χ0) is 13.1. The van der Waals surface area contributed by atoms with E-state index in [2.05, 4.69) is 36.0 Å². The number of aromatic nitrogens is 3. The molecule has 100 valence electrons. The molecule has 1 aliphatic heterocycles. The summed E-state index contributed by atoms with van der Waals surface area (Å²) in [5.74, 6) is 1.11. The molecule has 0 spiro atoms. The normalized spacial score (nSPS) is 23.6. The van der Waals surface area contributed by atoms with Crippen LogP contribution in [0.1, 0.15) is 62.9 Å². The summed E-state index contributed by atoms with van der Waals surface area (Å²) in [6, 6.07) is 0.649. The van der Waals surface area contributed by atoms with Gasteiger partial charge in [-0.15, -0.1) is 5.10 Å². The number of amides is 1. The highest BCUT2D eigenvalue weighted by atomic mass is 16.2. The maximum atomic E-state index is 12.4. The fraction of sp³-hybridized carbons (Fsp3) is 0.769. The molecule has 0 bridgehead atoms. The van der Waals surface area contributed by atoms with E-state index < -0.39 is 0 Å². The first kappa shape index (κ1) is 13.1. The molecule has 1 aromatic rings. The first-order valence-corrected chi connectivity index (χ1v) is 6.91. The maximum absolute atomic E-state index is 12.4. The van der Waals surface area contributed by atoms with E-state index in [9.17, 15) is 4.79 Å². The average molecular weight is 250 g/mol. The Hall–Kier alpha value is -1.39. The summed E-state index contributed by atoms with van der Waals surface area (Å²) in [6.45, 7) is 6.32. The standard InChI is InChI=1S/C13H22N4O/c1-4-6-11-14-12(16-15-11)13(18)17-9(3)7-8-10(17)5-2/h9-10H,4-8H2,1-3H3,(H,14,15,16). The predicted octanol–water partition coefficient (Wildman–Crippen LogP) is 2.16. The number of carbonyl (C=O) groups is 1. The van der Waals surface area contributed by atoms with E-state index in [1.165, 1.54) is 0 Å². The van der Waals surface area contributed by atoms with Gasteiger partial charge in [-0.3, -0.25) is 9.89 Å². The molecule has 2 rings (SSSR count). The first-order chi connectivity index (χ1) is 8.67. The van der Waals surface area contributed by atoms with Crippen molar-refractivity contribution in [1.82, 2.24) is 20.1 Å². The number of carbonyl (C=O) groups excluding carboxylic acids is 1. The zero-order valence-electron chi connectivity index (χ0n) is 11.4. The highest BCUT2D eigenvalue weighted by Crippen LogP contribution is 2.27. The molecule has 2 unspecified atom stereocenters. The Morgan fingerprint density at radius 2 is 2.22 bits per heavy atom. The molecule has 1 amide bonds. The molecule has 5 nitrogen and oxygen atoms in total. The Morgan fingerprint density at radius 3 is 2.89 bits per heavy atom. The van der Waals surface area contributed by atoms with Crippen molar-refractivity contribution in [2.24, 2.45) is 0 Å². The highest BCUT2D eigenvalue weighted by molar-refractivity contribution is 5.91. The van der Waals surface area contributed by atoms with Crippen LogP contribution in [0, 0.1) is 0 Å². The van der Waals surface area contributed by atoms with Gasteiger partial charge in [0, 0.05) is 18.5 Å². The third-order valence-corrected chi connectivity index (χ3v) is 3.70. The quantitative estimate of drug-likeness (QED) is 0.890. The summed E-state index contributed by atoms with van der Waals surface area (Å²) in [5.41, 5.74) is 0. The minimum absolute atomic E-state index is 0.0227. The summed E-state index contributed by atoms with van der Waals surface area (Å²) in [7, 11) is 0. The number of hydrogen-bond donors (Lipinski definition) is 1. The fourth-order valence-electron chi connectivity index (χ4n) is 2.69. The molecule has 1 aromatic heterocycles. The van der Waals surface area contributed by atoms with Crippen molar-refractivity contribution >= 4 is 5.91 Å². The number of aromatic amines is 1. The number of H-pyrrole nitrogens is 1. The van der Waals surface area contributed by atoms with Gasteiger partial charge in [0.1, 0.15) is 5.82 Å². The van der Waals surface area contributed by atoms with Crippen molar-refractivity contribution in [2.75, 3.05) is 0 Å². The Kier molecular flexibility index (Phi) is 3.99. The maximum Gasteiger partial charge on any atom is 0.294 e. The second kappa shape index (κ2) is 5.50. The lowest BCUT2D eigenvalue weighted by molar-refractivity contribution is 0.0664. The molecule has 0 aliphatic carbocycles. The van der Waals surface area contributed by atoms with Crippen molar-refractivity contribution in [3.63, 3.8) is 0 Å². The second-order valence-electron chi connectivity index (χ2n) is 5.06. The smallest absolute Gasteiger partial charge is 0.294 e. The van der Waals surface area contributed by atoms with Crippen LogP contribution >= 0.6 is 0 Å². The Bertz CT molecular complexity index is 415. The summed E-state index contributed by atoms with van der Waals surface area (Å²) < 4.78 is 0. The van der Waals surface area contributed by atoms with Crippen LogP contribution in [0.15, 0.2) is 0 Å². The zero-order valence-corrected chi connectivity index (χ0v) is 11.4. The number of nitrogens with zero attached hydrogens (tertiary/aromatic N) is 3. The molecule has 2 atom stereocenters. The van der Waals surface area contributed by atoms with Crippen LogP contribution in [0.3, 0.4) is 0 Å². The number of hydrogen-bond acceptors (Lipinski definition) is 3. The van der Waals surface area contributed by atoms with Gasteiger partial charge in [-0.1, -0.05) is 13.8 Å². The third kappa shape index (κ3) is 2.40. The van der Waals surface area contributed by atoms with Crippen LogP contribution in [0.2, 0.25) is 0 Å². The molecule has 1 N–H and O–H groups in total. The van der Waals surface area contributed by atoms with E-state index in [4.69, 9.17) is 0 Å². The lowest BCUT2D eigenvalue weighted by atomic mass is 10.1. The molecule has 2 heterocycles. The predicted molar refractivity (Wildman–Crippen MR) is 69.3 cm³/mol. The Morgan fingerprint density at radius 1 is 1.44 bits per heavy atom. The van der Waals surface area contributed by atoms with E-state index in [1.807, 2.05) is 4.90 Å². The molecule has 1 saturated heterocycles. The lowest BCUT2D eigenvalue weighted by Crippen LogP contribution is -2.40. The van der Waals surface area contributed by atoms with Crippen LogP contribution in [0.25, 0.3) is 0 Å². The molecule has 0 saturated carbocycles. The number of likely N-dealkylation sites (tertiary alicyclic amines) is 1. The molecule has 0 radical (unpaired) electrons. The van der Waals surface area contributed by atoms with Crippen LogP contribution in [0.4, 0.5) is 0 Å². The molecule has 0 aromatic carbocycles. The van der Waals surface area contributed by atoms with E-state index in [0.717, 1.165) is 37.9 Å².